The first-order valence-electron chi connectivity index (χ1n) is 6.90. The number of carbonyl (C=O) groups is 1. The zero-order valence-electron chi connectivity index (χ0n) is 12.0. The summed E-state index contributed by atoms with van der Waals surface area (Å²) in [6, 6.07) is 12.1. The molecule has 0 aliphatic heterocycles. The average molecular weight is 268 g/mol. The first-order valence-corrected chi connectivity index (χ1v) is 6.90. The largest absolute Gasteiger partial charge is 0.350 e. The first kappa shape index (κ1) is 14.3. The Hall–Kier alpha value is -2.16. The van der Waals surface area contributed by atoms with E-state index in [1.54, 1.807) is 12.4 Å². The number of nitrogens with zero attached hydrogens (tertiary/aromatic N) is 1. The molecule has 1 aromatic heterocycles. The maximum atomic E-state index is 12.0. The second-order valence-electron chi connectivity index (χ2n) is 5.06. The van der Waals surface area contributed by atoms with Gasteiger partial charge in [0.1, 0.15) is 0 Å². The molecule has 0 aliphatic carbocycles. The molecule has 0 saturated carbocycles. The van der Waals surface area contributed by atoms with Gasteiger partial charge in [-0.1, -0.05) is 35.9 Å². The average Bonchev–Trinajstić information content (AvgIpc) is 2.46. The summed E-state index contributed by atoms with van der Waals surface area (Å²) in [6.07, 6.45) is 4.79. The highest BCUT2D eigenvalue weighted by Crippen LogP contribution is 2.11. The standard InChI is InChI=1S/C17H20N2O/c1-13-5-3-6-15(11-13)8-9-17(20)19-14(2)16-7-4-10-18-12-16/h3-7,10-12,14H,8-9H2,1-2H3,(H,19,20). The fourth-order valence-corrected chi connectivity index (χ4v) is 2.15. The van der Waals surface area contributed by atoms with Crippen molar-refractivity contribution in [2.24, 2.45) is 0 Å². The second kappa shape index (κ2) is 6.85. The van der Waals surface area contributed by atoms with Gasteiger partial charge in [-0.05, 0) is 37.5 Å². The Kier molecular flexibility index (Phi) is 4.88. The van der Waals surface area contributed by atoms with Crippen molar-refractivity contribution in [1.82, 2.24) is 10.3 Å². The summed E-state index contributed by atoms with van der Waals surface area (Å²) in [5.41, 5.74) is 3.46. The molecule has 104 valence electrons. The van der Waals surface area contributed by atoms with E-state index in [-0.39, 0.29) is 11.9 Å². The van der Waals surface area contributed by atoms with E-state index in [2.05, 4.69) is 35.4 Å². The zero-order chi connectivity index (χ0) is 14.4. The molecule has 20 heavy (non-hydrogen) atoms. The third kappa shape index (κ3) is 4.19. The molecule has 1 N–H and O–H groups in total. The molecule has 0 spiro atoms. The minimum atomic E-state index is -0.00582. The van der Waals surface area contributed by atoms with Gasteiger partial charge in [0.15, 0.2) is 0 Å². The van der Waals surface area contributed by atoms with Crippen LogP contribution in [0.15, 0.2) is 48.8 Å². The van der Waals surface area contributed by atoms with Crippen molar-refractivity contribution in [2.45, 2.75) is 32.7 Å². The van der Waals surface area contributed by atoms with Crippen molar-refractivity contribution in [2.75, 3.05) is 0 Å². The maximum Gasteiger partial charge on any atom is 0.220 e. The van der Waals surface area contributed by atoms with Gasteiger partial charge in [-0.25, -0.2) is 0 Å². The number of amides is 1. The van der Waals surface area contributed by atoms with E-state index in [9.17, 15) is 4.79 Å². The Labute approximate surface area is 120 Å². The van der Waals surface area contributed by atoms with Crippen LogP contribution in [0.3, 0.4) is 0 Å². The maximum absolute atomic E-state index is 12.0. The summed E-state index contributed by atoms with van der Waals surface area (Å²) in [7, 11) is 0. The molecule has 2 rings (SSSR count). The number of carbonyl (C=O) groups excluding carboxylic acids is 1. The lowest BCUT2D eigenvalue weighted by Crippen LogP contribution is -2.26. The van der Waals surface area contributed by atoms with Gasteiger partial charge in [0, 0.05) is 18.8 Å². The molecule has 0 aliphatic rings. The summed E-state index contributed by atoms with van der Waals surface area (Å²) in [5.74, 6) is 0.0721. The zero-order valence-corrected chi connectivity index (χ0v) is 12.0. The summed E-state index contributed by atoms with van der Waals surface area (Å²) in [6.45, 7) is 4.04. The van der Waals surface area contributed by atoms with Crippen molar-refractivity contribution in [1.29, 1.82) is 0 Å². The third-order valence-electron chi connectivity index (χ3n) is 3.29. The number of aryl methyl sites for hydroxylation is 2. The van der Waals surface area contributed by atoms with Gasteiger partial charge >= 0.3 is 0 Å². The molecule has 1 atom stereocenters. The van der Waals surface area contributed by atoms with E-state index in [0.717, 1.165) is 12.0 Å². The van der Waals surface area contributed by atoms with Crippen LogP contribution < -0.4 is 5.32 Å². The van der Waals surface area contributed by atoms with Crippen LogP contribution in [-0.2, 0) is 11.2 Å². The van der Waals surface area contributed by atoms with E-state index < -0.39 is 0 Å². The lowest BCUT2D eigenvalue weighted by Gasteiger charge is -2.13. The Morgan fingerprint density at radius 3 is 2.85 bits per heavy atom. The Balaban J connectivity index is 1.84. The van der Waals surface area contributed by atoms with Crippen LogP contribution in [0.2, 0.25) is 0 Å². The van der Waals surface area contributed by atoms with Gasteiger partial charge in [-0.15, -0.1) is 0 Å². The predicted octanol–water partition coefficient (Wildman–Crippen LogP) is 3.20. The minimum Gasteiger partial charge on any atom is -0.350 e. The van der Waals surface area contributed by atoms with Crippen molar-refractivity contribution in [3.63, 3.8) is 0 Å². The van der Waals surface area contributed by atoms with Gasteiger partial charge in [0.05, 0.1) is 6.04 Å². The third-order valence-corrected chi connectivity index (χ3v) is 3.29. The molecule has 1 amide bonds. The van der Waals surface area contributed by atoms with Crippen LogP contribution in [-0.4, -0.2) is 10.9 Å². The number of rotatable bonds is 5. The van der Waals surface area contributed by atoms with Crippen LogP contribution in [0, 0.1) is 6.92 Å². The fraction of sp³-hybridized carbons (Fsp3) is 0.294. The van der Waals surface area contributed by atoms with E-state index in [1.165, 1.54) is 11.1 Å². The monoisotopic (exact) mass is 268 g/mol. The molecular formula is C17H20N2O. The van der Waals surface area contributed by atoms with Crippen LogP contribution in [0.1, 0.15) is 36.1 Å². The first-order chi connectivity index (χ1) is 9.65. The molecule has 0 radical (unpaired) electrons. The van der Waals surface area contributed by atoms with E-state index in [4.69, 9.17) is 0 Å². The van der Waals surface area contributed by atoms with E-state index in [1.807, 2.05) is 25.1 Å². The van der Waals surface area contributed by atoms with Crippen molar-refractivity contribution in [3.8, 4) is 0 Å². The van der Waals surface area contributed by atoms with E-state index >= 15 is 0 Å². The van der Waals surface area contributed by atoms with Gasteiger partial charge in [0.2, 0.25) is 5.91 Å². The number of hydrogen-bond acceptors (Lipinski definition) is 2. The number of pyridine rings is 1. The Morgan fingerprint density at radius 1 is 1.30 bits per heavy atom. The lowest BCUT2D eigenvalue weighted by molar-refractivity contribution is -0.121. The summed E-state index contributed by atoms with van der Waals surface area (Å²) >= 11 is 0. The smallest absolute Gasteiger partial charge is 0.220 e. The highest BCUT2D eigenvalue weighted by Gasteiger charge is 2.09. The molecule has 0 saturated heterocycles. The summed E-state index contributed by atoms with van der Waals surface area (Å²) in [4.78, 5) is 16.0. The quantitative estimate of drug-likeness (QED) is 0.904. The molecule has 0 bridgehead atoms. The van der Waals surface area contributed by atoms with Gasteiger partial charge in [0.25, 0.3) is 0 Å². The second-order valence-corrected chi connectivity index (χ2v) is 5.06. The molecule has 2 aromatic rings. The summed E-state index contributed by atoms with van der Waals surface area (Å²) < 4.78 is 0. The van der Waals surface area contributed by atoms with Crippen LogP contribution in [0.4, 0.5) is 0 Å². The van der Waals surface area contributed by atoms with E-state index in [0.29, 0.717) is 6.42 Å². The minimum absolute atomic E-state index is 0.00582. The highest BCUT2D eigenvalue weighted by atomic mass is 16.1. The Morgan fingerprint density at radius 2 is 2.15 bits per heavy atom. The topological polar surface area (TPSA) is 42.0 Å². The lowest BCUT2D eigenvalue weighted by atomic mass is 10.1. The molecule has 1 heterocycles. The predicted molar refractivity (Wildman–Crippen MR) is 80.3 cm³/mol. The number of benzene rings is 1. The summed E-state index contributed by atoms with van der Waals surface area (Å²) in [5, 5.41) is 3.00. The van der Waals surface area contributed by atoms with Crippen molar-refractivity contribution in [3.05, 3.63) is 65.5 Å². The molecule has 3 nitrogen and oxygen atoms in total. The van der Waals surface area contributed by atoms with Crippen LogP contribution in [0.25, 0.3) is 0 Å². The molecular weight excluding hydrogens is 248 g/mol. The molecule has 1 unspecified atom stereocenters. The highest BCUT2D eigenvalue weighted by molar-refractivity contribution is 5.76. The Bertz CT molecular complexity index is 566. The number of hydrogen-bond donors (Lipinski definition) is 1. The van der Waals surface area contributed by atoms with Crippen LogP contribution in [0.5, 0.6) is 0 Å². The molecule has 1 aromatic carbocycles. The number of nitrogens with one attached hydrogen (secondary N) is 1. The molecule has 3 heteroatoms. The number of aromatic nitrogens is 1. The van der Waals surface area contributed by atoms with Crippen molar-refractivity contribution >= 4 is 5.91 Å². The van der Waals surface area contributed by atoms with Crippen LogP contribution >= 0.6 is 0 Å². The van der Waals surface area contributed by atoms with Gasteiger partial charge in [-0.2, -0.15) is 0 Å². The van der Waals surface area contributed by atoms with Crippen molar-refractivity contribution < 1.29 is 4.79 Å². The normalized spacial score (nSPS) is 11.9. The molecule has 0 fully saturated rings. The fourth-order valence-electron chi connectivity index (χ4n) is 2.15. The SMILES string of the molecule is Cc1cccc(CCC(=O)NC(C)c2cccnc2)c1. The van der Waals surface area contributed by atoms with Gasteiger partial charge in [-0.3, -0.25) is 9.78 Å². The van der Waals surface area contributed by atoms with Gasteiger partial charge < -0.3 is 5.32 Å².